The topological polar surface area (TPSA) is 55.4 Å². The molecule has 1 heterocycles. The highest BCUT2D eigenvalue weighted by molar-refractivity contribution is 7.10. The Bertz CT molecular complexity index is 703. The van der Waals surface area contributed by atoms with Crippen LogP contribution in [0.3, 0.4) is 0 Å². The maximum Gasteiger partial charge on any atom is 0.331 e. The molecule has 0 saturated heterocycles. The average molecular weight is 343 g/mol. The summed E-state index contributed by atoms with van der Waals surface area (Å²) in [6, 6.07) is 11.4. The van der Waals surface area contributed by atoms with Crippen LogP contribution in [0.1, 0.15) is 37.1 Å². The Balaban J connectivity index is 1.86. The van der Waals surface area contributed by atoms with Crippen molar-refractivity contribution in [3.63, 3.8) is 0 Å². The number of nitrogens with one attached hydrogen (secondary N) is 1. The van der Waals surface area contributed by atoms with Gasteiger partial charge < -0.3 is 10.1 Å². The van der Waals surface area contributed by atoms with E-state index in [0.29, 0.717) is 11.6 Å². The zero-order valence-corrected chi connectivity index (χ0v) is 14.8. The number of amides is 1. The lowest BCUT2D eigenvalue weighted by Crippen LogP contribution is -2.29. The van der Waals surface area contributed by atoms with Gasteiger partial charge in [0.05, 0.1) is 0 Å². The summed E-state index contributed by atoms with van der Waals surface area (Å²) in [5.41, 5.74) is 1.88. The van der Waals surface area contributed by atoms with E-state index < -0.39 is 12.1 Å². The summed E-state index contributed by atoms with van der Waals surface area (Å²) < 4.78 is 5.11. The average Bonchev–Trinajstić information content (AvgIpc) is 3.06. The van der Waals surface area contributed by atoms with E-state index in [9.17, 15) is 9.59 Å². The second kappa shape index (κ2) is 8.45. The first-order valence-electron chi connectivity index (χ1n) is 7.78. The summed E-state index contributed by atoms with van der Waals surface area (Å²) in [6.45, 7) is 5.77. The maximum atomic E-state index is 12.1. The molecule has 0 bridgehead atoms. The van der Waals surface area contributed by atoms with E-state index in [2.05, 4.69) is 19.2 Å². The molecule has 0 aliphatic rings. The largest absolute Gasteiger partial charge is 0.449 e. The Morgan fingerprint density at radius 3 is 2.42 bits per heavy atom. The predicted octanol–water partition coefficient (Wildman–Crippen LogP) is 4.46. The zero-order chi connectivity index (χ0) is 17.5. The molecule has 0 aliphatic carbocycles. The Morgan fingerprint density at radius 1 is 1.12 bits per heavy atom. The molecule has 0 aliphatic heterocycles. The number of esters is 1. The van der Waals surface area contributed by atoms with Gasteiger partial charge in [-0.05, 0) is 48.1 Å². The number of carbonyl (C=O) groups is 2. The van der Waals surface area contributed by atoms with Crippen LogP contribution < -0.4 is 5.32 Å². The lowest BCUT2D eigenvalue weighted by atomic mass is 10.0. The molecule has 1 aromatic carbocycles. The fraction of sp³-hybridized carbons (Fsp3) is 0.263. The minimum Gasteiger partial charge on any atom is -0.449 e. The van der Waals surface area contributed by atoms with Gasteiger partial charge in [0.2, 0.25) is 0 Å². The van der Waals surface area contributed by atoms with E-state index in [1.54, 1.807) is 13.0 Å². The molecular weight excluding hydrogens is 322 g/mol. The number of rotatable bonds is 6. The van der Waals surface area contributed by atoms with Crippen molar-refractivity contribution in [3.05, 3.63) is 58.3 Å². The number of benzene rings is 1. The lowest BCUT2D eigenvalue weighted by Gasteiger charge is -2.13. The van der Waals surface area contributed by atoms with Gasteiger partial charge in [-0.3, -0.25) is 4.79 Å². The molecule has 2 aromatic rings. The van der Waals surface area contributed by atoms with Crippen LogP contribution in [0.2, 0.25) is 0 Å². The Kier molecular flexibility index (Phi) is 6.32. The van der Waals surface area contributed by atoms with Crippen LogP contribution in [0, 0.1) is 0 Å². The van der Waals surface area contributed by atoms with E-state index in [-0.39, 0.29) is 5.91 Å². The normalized spacial score (nSPS) is 12.3. The fourth-order valence-corrected chi connectivity index (χ4v) is 2.62. The molecule has 1 N–H and O–H groups in total. The number of ether oxygens (including phenoxy) is 1. The van der Waals surface area contributed by atoms with Crippen molar-refractivity contribution in [2.75, 3.05) is 5.32 Å². The molecule has 24 heavy (non-hydrogen) atoms. The number of anilines is 1. The number of hydrogen-bond donors (Lipinski definition) is 1. The molecule has 0 spiro atoms. The summed E-state index contributed by atoms with van der Waals surface area (Å²) in [5, 5.41) is 4.67. The molecular formula is C19H21NO3S. The van der Waals surface area contributed by atoms with Crippen LogP contribution in [0.25, 0.3) is 6.08 Å². The molecule has 2 rings (SSSR count). The van der Waals surface area contributed by atoms with Gasteiger partial charge >= 0.3 is 5.97 Å². The van der Waals surface area contributed by atoms with Crippen molar-refractivity contribution in [1.82, 2.24) is 0 Å². The van der Waals surface area contributed by atoms with Crippen LogP contribution in [0.4, 0.5) is 5.69 Å². The van der Waals surface area contributed by atoms with Crippen molar-refractivity contribution in [3.8, 4) is 0 Å². The number of thiophene rings is 1. The second-order valence-corrected chi connectivity index (χ2v) is 6.67. The monoisotopic (exact) mass is 343 g/mol. The highest BCUT2D eigenvalue weighted by Gasteiger charge is 2.16. The van der Waals surface area contributed by atoms with E-state index >= 15 is 0 Å². The minimum atomic E-state index is -0.865. The summed E-state index contributed by atoms with van der Waals surface area (Å²) in [4.78, 5) is 24.8. The first-order valence-corrected chi connectivity index (χ1v) is 8.66. The molecule has 4 nitrogen and oxygen atoms in total. The molecule has 5 heteroatoms. The highest BCUT2D eigenvalue weighted by atomic mass is 32.1. The first kappa shape index (κ1) is 17.9. The van der Waals surface area contributed by atoms with Gasteiger partial charge in [-0.2, -0.15) is 0 Å². The molecule has 1 atom stereocenters. The van der Waals surface area contributed by atoms with E-state index in [4.69, 9.17) is 4.74 Å². The molecule has 0 radical (unpaired) electrons. The maximum absolute atomic E-state index is 12.1. The van der Waals surface area contributed by atoms with E-state index in [1.165, 1.54) is 23.0 Å². The standard InChI is InChI=1S/C19H21NO3S/c1-13(2)15-6-8-16(9-7-15)20-19(22)14(3)23-18(21)11-10-17-5-4-12-24-17/h4-14H,1-3H3,(H,20,22)/b11-10+/t14-/m0/s1. The van der Waals surface area contributed by atoms with E-state index in [1.807, 2.05) is 41.8 Å². The third-order valence-corrected chi connectivity index (χ3v) is 4.27. The van der Waals surface area contributed by atoms with Crippen LogP contribution in [0.15, 0.2) is 47.9 Å². The van der Waals surface area contributed by atoms with Crippen molar-refractivity contribution in [2.45, 2.75) is 32.8 Å². The third-order valence-electron chi connectivity index (χ3n) is 3.43. The second-order valence-electron chi connectivity index (χ2n) is 5.69. The van der Waals surface area contributed by atoms with Crippen LogP contribution in [-0.4, -0.2) is 18.0 Å². The lowest BCUT2D eigenvalue weighted by molar-refractivity contribution is -0.148. The Morgan fingerprint density at radius 2 is 1.83 bits per heavy atom. The smallest absolute Gasteiger partial charge is 0.331 e. The molecule has 0 fully saturated rings. The first-order chi connectivity index (χ1) is 11.5. The summed E-state index contributed by atoms with van der Waals surface area (Å²) in [6.07, 6.45) is 2.13. The molecule has 1 aromatic heterocycles. The van der Waals surface area contributed by atoms with Gasteiger partial charge in [-0.15, -0.1) is 11.3 Å². The van der Waals surface area contributed by atoms with Gasteiger partial charge in [-0.25, -0.2) is 4.79 Å². The molecule has 126 valence electrons. The van der Waals surface area contributed by atoms with Crippen molar-refractivity contribution >= 4 is 35.0 Å². The Hall–Kier alpha value is -2.40. The quantitative estimate of drug-likeness (QED) is 0.622. The number of carbonyl (C=O) groups excluding carboxylic acids is 2. The van der Waals surface area contributed by atoms with Crippen molar-refractivity contribution in [1.29, 1.82) is 0 Å². The van der Waals surface area contributed by atoms with Gasteiger partial charge in [0.15, 0.2) is 6.10 Å². The zero-order valence-electron chi connectivity index (χ0n) is 14.0. The fourth-order valence-electron chi connectivity index (χ4n) is 2.00. The summed E-state index contributed by atoms with van der Waals surface area (Å²) in [7, 11) is 0. The number of hydrogen-bond acceptors (Lipinski definition) is 4. The molecule has 0 saturated carbocycles. The highest BCUT2D eigenvalue weighted by Crippen LogP contribution is 2.17. The van der Waals surface area contributed by atoms with Crippen LogP contribution >= 0.6 is 11.3 Å². The van der Waals surface area contributed by atoms with Crippen molar-refractivity contribution < 1.29 is 14.3 Å². The van der Waals surface area contributed by atoms with Gasteiger partial charge in [-0.1, -0.05) is 32.0 Å². The van der Waals surface area contributed by atoms with Crippen molar-refractivity contribution in [2.24, 2.45) is 0 Å². The molecule has 1 amide bonds. The predicted molar refractivity (Wildman–Crippen MR) is 98.1 cm³/mol. The van der Waals surface area contributed by atoms with Crippen LogP contribution in [0.5, 0.6) is 0 Å². The summed E-state index contributed by atoms with van der Waals surface area (Å²) >= 11 is 1.52. The molecule has 0 unspecified atom stereocenters. The third kappa shape index (κ3) is 5.35. The van der Waals surface area contributed by atoms with Crippen LogP contribution in [-0.2, 0) is 14.3 Å². The van der Waals surface area contributed by atoms with Gasteiger partial charge in [0, 0.05) is 16.6 Å². The van der Waals surface area contributed by atoms with Gasteiger partial charge in [0.1, 0.15) is 0 Å². The van der Waals surface area contributed by atoms with Gasteiger partial charge in [0.25, 0.3) is 5.91 Å². The minimum absolute atomic E-state index is 0.356. The Labute approximate surface area is 146 Å². The summed E-state index contributed by atoms with van der Waals surface area (Å²) in [5.74, 6) is -0.462. The SMILES string of the molecule is CC(C)c1ccc(NC(=O)[C@H](C)OC(=O)/C=C/c2cccs2)cc1. The van der Waals surface area contributed by atoms with E-state index in [0.717, 1.165) is 4.88 Å².